The van der Waals surface area contributed by atoms with Crippen LogP contribution in [-0.4, -0.2) is 43.0 Å². The van der Waals surface area contributed by atoms with Crippen molar-refractivity contribution in [2.45, 2.75) is 19.8 Å². The van der Waals surface area contributed by atoms with Crippen molar-refractivity contribution in [1.29, 1.82) is 0 Å². The third kappa shape index (κ3) is 4.58. The summed E-state index contributed by atoms with van der Waals surface area (Å²) >= 11 is 6.09. The second-order valence-electron chi connectivity index (χ2n) is 12.7. The standard InChI is InChI=1S/C37H33ClN2O7/c1-37-27(16-9-20-17-29(46-2)32(41)30(18-20)47-3)24-14-15-25-31(35(44)39(33(25)42)23-12-10-21(38)11-13-23)26(24)19-28(37)34(43)40(36(37)45)22-7-5-4-6-8-22/h4-14,16-18,25-28,31,41H,15,19H2,1-3H3. The van der Waals surface area contributed by atoms with Gasteiger partial charge in [-0.2, -0.15) is 0 Å². The molecule has 4 aliphatic rings. The van der Waals surface area contributed by atoms with Crippen molar-refractivity contribution >= 4 is 52.7 Å². The SMILES string of the molecule is COc1cc(C=CC2C3=CCC4C(=O)N(c5ccc(Cl)cc5)C(=O)C4C3CC3C(=O)N(c4ccccc4)C(=O)C23C)cc(OC)c1O. The van der Waals surface area contributed by atoms with E-state index >= 15 is 0 Å². The lowest BCUT2D eigenvalue weighted by Gasteiger charge is -2.47. The van der Waals surface area contributed by atoms with Gasteiger partial charge in [0.05, 0.1) is 48.8 Å². The third-order valence-electron chi connectivity index (χ3n) is 10.4. The number of ether oxygens (including phenoxy) is 2. The molecule has 0 spiro atoms. The highest BCUT2D eigenvalue weighted by Crippen LogP contribution is 2.61. The van der Waals surface area contributed by atoms with Crippen LogP contribution in [0.4, 0.5) is 11.4 Å². The molecular formula is C37H33ClN2O7. The van der Waals surface area contributed by atoms with Crippen LogP contribution in [0, 0.1) is 35.0 Å². The molecular weight excluding hydrogens is 620 g/mol. The molecule has 240 valence electrons. The van der Waals surface area contributed by atoms with E-state index in [4.69, 9.17) is 21.1 Å². The summed E-state index contributed by atoms with van der Waals surface area (Å²) in [4.78, 5) is 59.1. The van der Waals surface area contributed by atoms with Crippen molar-refractivity contribution in [3.8, 4) is 17.2 Å². The molecule has 3 fully saturated rings. The first-order valence-corrected chi connectivity index (χ1v) is 15.9. The smallest absolute Gasteiger partial charge is 0.241 e. The van der Waals surface area contributed by atoms with Gasteiger partial charge in [-0.1, -0.05) is 53.6 Å². The number of amides is 4. The van der Waals surface area contributed by atoms with Gasteiger partial charge in [0.15, 0.2) is 11.5 Å². The van der Waals surface area contributed by atoms with E-state index in [1.54, 1.807) is 60.7 Å². The molecule has 9 nitrogen and oxygen atoms in total. The van der Waals surface area contributed by atoms with E-state index in [0.717, 1.165) is 5.57 Å². The Bertz CT molecular complexity index is 1850. The number of fused-ring (bicyclic) bond motifs is 4. The molecule has 1 N–H and O–H groups in total. The monoisotopic (exact) mass is 652 g/mol. The zero-order valence-electron chi connectivity index (χ0n) is 26.1. The topological polar surface area (TPSA) is 113 Å². The molecule has 2 saturated heterocycles. The molecule has 2 aliphatic carbocycles. The highest BCUT2D eigenvalue weighted by molar-refractivity contribution is 6.31. The second kappa shape index (κ2) is 11.4. The van der Waals surface area contributed by atoms with Gasteiger partial charge in [0, 0.05) is 10.9 Å². The number of benzene rings is 3. The van der Waals surface area contributed by atoms with E-state index in [2.05, 4.69) is 0 Å². The van der Waals surface area contributed by atoms with Gasteiger partial charge in [-0.25, -0.2) is 4.90 Å². The number of methoxy groups -OCH3 is 2. The number of hydrogen-bond acceptors (Lipinski definition) is 7. The number of halogens is 1. The molecule has 4 amide bonds. The van der Waals surface area contributed by atoms with Crippen molar-refractivity contribution in [2.24, 2.45) is 35.0 Å². The fraction of sp³-hybridized carbons (Fsp3) is 0.297. The Balaban J connectivity index is 1.34. The van der Waals surface area contributed by atoms with Gasteiger partial charge in [0.2, 0.25) is 29.4 Å². The van der Waals surface area contributed by atoms with E-state index in [1.165, 1.54) is 24.0 Å². The van der Waals surface area contributed by atoms with Crippen LogP contribution < -0.4 is 19.3 Å². The van der Waals surface area contributed by atoms with Gasteiger partial charge < -0.3 is 14.6 Å². The lowest BCUT2D eigenvalue weighted by atomic mass is 9.52. The molecule has 6 atom stereocenters. The molecule has 47 heavy (non-hydrogen) atoms. The van der Waals surface area contributed by atoms with E-state index in [0.29, 0.717) is 28.4 Å². The normalized spacial score (nSPS) is 28.3. The van der Waals surface area contributed by atoms with Crippen LogP contribution in [0.5, 0.6) is 17.2 Å². The van der Waals surface area contributed by atoms with Crippen LogP contribution >= 0.6 is 11.6 Å². The maximum absolute atomic E-state index is 14.5. The number of nitrogens with zero attached hydrogens (tertiary/aromatic N) is 2. The summed E-state index contributed by atoms with van der Waals surface area (Å²) in [6.07, 6.45) is 6.31. The summed E-state index contributed by atoms with van der Waals surface area (Å²) in [7, 11) is 2.88. The summed E-state index contributed by atoms with van der Waals surface area (Å²) in [5.74, 6) is -3.93. The van der Waals surface area contributed by atoms with Crippen molar-refractivity contribution in [1.82, 2.24) is 0 Å². The molecule has 3 aromatic rings. The van der Waals surface area contributed by atoms with E-state index in [1.807, 2.05) is 31.2 Å². The van der Waals surface area contributed by atoms with Gasteiger partial charge in [-0.05, 0) is 79.8 Å². The Morgan fingerprint density at radius 2 is 1.49 bits per heavy atom. The van der Waals surface area contributed by atoms with Crippen LogP contribution in [0.2, 0.25) is 5.02 Å². The van der Waals surface area contributed by atoms with E-state index in [9.17, 15) is 24.3 Å². The summed E-state index contributed by atoms with van der Waals surface area (Å²) in [5.41, 5.74) is 1.30. The molecule has 0 bridgehead atoms. The van der Waals surface area contributed by atoms with Crippen molar-refractivity contribution in [3.63, 3.8) is 0 Å². The Labute approximate surface area is 277 Å². The number of anilines is 2. The van der Waals surface area contributed by atoms with Gasteiger partial charge in [-0.3, -0.25) is 24.1 Å². The quantitative estimate of drug-likeness (QED) is 0.255. The highest BCUT2D eigenvalue weighted by atomic mass is 35.5. The maximum Gasteiger partial charge on any atom is 0.241 e. The van der Waals surface area contributed by atoms with Gasteiger partial charge in [-0.15, -0.1) is 0 Å². The minimum atomic E-state index is -1.16. The summed E-state index contributed by atoms with van der Waals surface area (Å²) in [5, 5.41) is 11.0. The summed E-state index contributed by atoms with van der Waals surface area (Å²) in [6.45, 7) is 1.83. The molecule has 7 rings (SSSR count). The fourth-order valence-corrected chi connectivity index (χ4v) is 8.23. The molecule has 3 aromatic carbocycles. The van der Waals surface area contributed by atoms with Crippen LogP contribution in [0.25, 0.3) is 6.08 Å². The van der Waals surface area contributed by atoms with Crippen molar-refractivity contribution < 1.29 is 33.8 Å². The van der Waals surface area contributed by atoms with Gasteiger partial charge in [0.25, 0.3) is 0 Å². The fourth-order valence-electron chi connectivity index (χ4n) is 8.10. The van der Waals surface area contributed by atoms with Crippen molar-refractivity contribution in [2.75, 3.05) is 24.0 Å². The van der Waals surface area contributed by atoms with Crippen molar-refractivity contribution in [3.05, 3.63) is 95.0 Å². The molecule has 10 heteroatoms. The van der Waals surface area contributed by atoms with E-state index in [-0.39, 0.29) is 47.3 Å². The Hall–Kier alpha value is -4.89. The second-order valence-corrected chi connectivity index (χ2v) is 13.1. The predicted octanol–water partition coefficient (Wildman–Crippen LogP) is 6.04. The number of allylic oxidation sites excluding steroid dienone is 3. The number of phenolic OH excluding ortho intramolecular Hbond substituents is 1. The maximum atomic E-state index is 14.5. The number of carbonyl (C=O) groups is 4. The summed E-state index contributed by atoms with van der Waals surface area (Å²) < 4.78 is 10.7. The van der Waals surface area contributed by atoms with E-state index < -0.39 is 35.0 Å². The predicted molar refractivity (Wildman–Crippen MR) is 176 cm³/mol. The molecule has 2 aliphatic heterocycles. The van der Waals surface area contributed by atoms with Crippen LogP contribution in [0.15, 0.2) is 84.5 Å². The number of aromatic hydroxyl groups is 1. The van der Waals surface area contributed by atoms with Gasteiger partial charge >= 0.3 is 0 Å². The molecule has 0 aromatic heterocycles. The number of phenols is 1. The number of carbonyl (C=O) groups excluding carboxylic acids is 4. The highest BCUT2D eigenvalue weighted by Gasteiger charge is 2.66. The van der Waals surface area contributed by atoms with Crippen LogP contribution in [-0.2, 0) is 19.2 Å². The number of para-hydroxylation sites is 1. The molecule has 6 unspecified atom stereocenters. The summed E-state index contributed by atoms with van der Waals surface area (Å²) in [6, 6.07) is 18.8. The average molecular weight is 653 g/mol. The molecule has 1 saturated carbocycles. The Morgan fingerprint density at radius 1 is 0.851 bits per heavy atom. The lowest BCUT2D eigenvalue weighted by molar-refractivity contribution is -0.132. The number of hydrogen-bond donors (Lipinski definition) is 1. The molecule has 0 radical (unpaired) electrons. The third-order valence-corrected chi connectivity index (χ3v) is 10.7. The van der Waals surface area contributed by atoms with Crippen LogP contribution in [0.1, 0.15) is 25.3 Å². The zero-order valence-corrected chi connectivity index (χ0v) is 26.8. The molecule has 2 heterocycles. The largest absolute Gasteiger partial charge is 0.502 e. The lowest BCUT2D eigenvalue weighted by Crippen LogP contribution is -2.49. The minimum absolute atomic E-state index is 0.136. The zero-order chi connectivity index (χ0) is 33.2. The van der Waals surface area contributed by atoms with Gasteiger partial charge in [0.1, 0.15) is 0 Å². The average Bonchev–Trinajstić information content (AvgIpc) is 3.45. The van der Waals surface area contributed by atoms with Crippen LogP contribution in [0.3, 0.4) is 0 Å². The first-order valence-electron chi connectivity index (χ1n) is 15.5. The Kier molecular flexibility index (Phi) is 7.47. The number of imide groups is 2. The minimum Gasteiger partial charge on any atom is -0.502 e. The number of rotatable bonds is 6. The first-order chi connectivity index (χ1) is 22.6. The first kappa shape index (κ1) is 30.7. The Morgan fingerprint density at radius 3 is 2.13 bits per heavy atom.